The molecule has 0 radical (unpaired) electrons. The Morgan fingerprint density at radius 2 is 2.15 bits per heavy atom. The molecule has 70 valence electrons. The summed E-state index contributed by atoms with van der Waals surface area (Å²) in [5.74, 6) is 0.657. The predicted octanol–water partition coefficient (Wildman–Crippen LogP) is 2.08. The predicted molar refractivity (Wildman–Crippen MR) is 55.1 cm³/mol. The summed E-state index contributed by atoms with van der Waals surface area (Å²) in [5, 5.41) is 0.631. The van der Waals surface area contributed by atoms with E-state index in [2.05, 4.69) is 20.8 Å². The van der Waals surface area contributed by atoms with Gasteiger partial charge in [-0.3, -0.25) is 0 Å². The van der Waals surface area contributed by atoms with Gasteiger partial charge in [0.05, 0.1) is 5.56 Å². The lowest BCUT2D eigenvalue weighted by Crippen LogP contribution is -2.15. The fraction of sp³-hybridized carbons (Fsp3) is 0.333. The van der Waals surface area contributed by atoms with Crippen molar-refractivity contribution in [2.75, 3.05) is 11.7 Å². The first-order valence-corrected chi connectivity index (χ1v) is 5.54. The zero-order valence-corrected chi connectivity index (χ0v) is 8.96. The minimum atomic E-state index is 0.0831. The second kappa shape index (κ2) is 3.49. The SMILES string of the molecule is CSC1NNc2nc(Cl)nc(Cl)c21. The molecule has 7 heteroatoms. The molecule has 13 heavy (non-hydrogen) atoms. The molecule has 1 aliphatic rings. The molecule has 0 amide bonds. The van der Waals surface area contributed by atoms with Gasteiger partial charge < -0.3 is 5.43 Å². The first-order chi connectivity index (χ1) is 6.22. The molecule has 2 heterocycles. The van der Waals surface area contributed by atoms with E-state index in [-0.39, 0.29) is 10.7 Å². The zero-order valence-electron chi connectivity index (χ0n) is 6.64. The van der Waals surface area contributed by atoms with Crippen LogP contribution in [0.4, 0.5) is 5.82 Å². The molecule has 2 rings (SSSR count). The molecule has 0 aromatic carbocycles. The van der Waals surface area contributed by atoms with E-state index >= 15 is 0 Å². The van der Waals surface area contributed by atoms with Crippen molar-refractivity contribution in [1.82, 2.24) is 15.4 Å². The highest BCUT2D eigenvalue weighted by Gasteiger charge is 2.26. The van der Waals surface area contributed by atoms with E-state index in [4.69, 9.17) is 23.2 Å². The molecule has 1 aromatic rings. The van der Waals surface area contributed by atoms with Crippen LogP contribution < -0.4 is 10.9 Å². The van der Waals surface area contributed by atoms with Crippen molar-refractivity contribution < 1.29 is 0 Å². The van der Waals surface area contributed by atoms with Crippen molar-refractivity contribution in [3.63, 3.8) is 0 Å². The summed E-state index contributed by atoms with van der Waals surface area (Å²) >= 11 is 13.2. The van der Waals surface area contributed by atoms with Crippen LogP contribution >= 0.6 is 35.0 Å². The standard InChI is InChI=1S/C6H6Cl2N4S/c1-13-5-2-3(7)9-6(8)10-4(2)11-12-5/h5,12H,1H3,(H,9,10,11). The van der Waals surface area contributed by atoms with Crippen LogP contribution in [0.3, 0.4) is 0 Å². The van der Waals surface area contributed by atoms with E-state index in [1.54, 1.807) is 11.8 Å². The summed E-state index contributed by atoms with van der Waals surface area (Å²) in [4.78, 5) is 7.87. The quantitative estimate of drug-likeness (QED) is 0.578. The van der Waals surface area contributed by atoms with Crippen molar-refractivity contribution in [2.45, 2.75) is 5.37 Å². The number of nitrogens with zero attached hydrogens (tertiary/aromatic N) is 2. The smallest absolute Gasteiger partial charge is 0.225 e. The Morgan fingerprint density at radius 1 is 1.38 bits per heavy atom. The van der Waals surface area contributed by atoms with E-state index in [0.717, 1.165) is 5.56 Å². The maximum atomic E-state index is 5.92. The first-order valence-electron chi connectivity index (χ1n) is 3.49. The number of fused-ring (bicyclic) bond motifs is 1. The van der Waals surface area contributed by atoms with Crippen LogP contribution in [0.1, 0.15) is 10.9 Å². The van der Waals surface area contributed by atoms with Gasteiger partial charge in [0.1, 0.15) is 10.5 Å². The van der Waals surface area contributed by atoms with Gasteiger partial charge in [-0.2, -0.15) is 4.98 Å². The highest BCUT2D eigenvalue weighted by atomic mass is 35.5. The Balaban J connectivity index is 2.51. The van der Waals surface area contributed by atoms with E-state index in [0.29, 0.717) is 11.0 Å². The monoisotopic (exact) mass is 236 g/mol. The van der Waals surface area contributed by atoms with Gasteiger partial charge in [0.2, 0.25) is 5.28 Å². The Labute approximate surface area is 89.4 Å². The van der Waals surface area contributed by atoms with Gasteiger partial charge in [0.15, 0.2) is 5.82 Å². The Kier molecular flexibility index (Phi) is 2.51. The molecule has 1 atom stereocenters. The van der Waals surface area contributed by atoms with E-state index in [1.807, 2.05) is 6.26 Å². The average molecular weight is 237 g/mol. The van der Waals surface area contributed by atoms with Crippen molar-refractivity contribution in [2.24, 2.45) is 0 Å². The second-order valence-corrected chi connectivity index (χ2v) is 4.07. The third-order valence-electron chi connectivity index (χ3n) is 1.69. The molecular weight excluding hydrogens is 231 g/mol. The van der Waals surface area contributed by atoms with Gasteiger partial charge in [0, 0.05) is 0 Å². The number of thioether (sulfide) groups is 1. The zero-order chi connectivity index (χ0) is 9.42. The van der Waals surface area contributed by atoms with Gasteiger partial charge in [-0.25, -0.2) is 10.4 Å². The first kappa shape index (κ1) is 9.33. The van der Waals surface area contributed by atoms with Crippen molar-refractivity contribution >= 4 is 40.8 Å². The lowest BCUT2D eigenvalue weighted by Gasteiger charge is -2.06. The van der Waals surface area contributed by atoms with Gasteiger partial charge in [-0.1, -0.05) is 11.6 Å². The van der Waals surface area contributed by atoms with Crippen LogP contribution in [0.15, 0.2) is 0 Å². The van der Waals surface area contributed by atoms with Crippen molar-refractivity contribution in [3.8, 4) is 0 Å². The number of rotatable bonds is 1. The van der Waals surface area contributed by atoms with Crippen LogP contribution in [0.25, 0.3) is 0 Å². The Morgan fingerprint density at radius 3 is 2.85 bits per heavy atom. The minimum absolute atomic E-state index is 0.0831. The molecule has 1 aromatic heterocycles. The van der Waals surface area contributed by atoms with Crippen LogP contribution in [0.5, 0.6) is 0 Å². The summed E-state index contributed by atoms with van der Waals surface area (Å²) in [6.45, 7) is 0. The van der Waals surface area contributed by atoms with Gasteiger partial charge in [-0.05, 0) is 17.9 Å². The van der Waals surface area contributed by atoms with Crippen LogP contribution in [-0.2, 0) is 0 Å². The molecule has 0 bridgehead atoms. The van der Waals surface area contributed by atoms with Gasteiger partial charge in [0.25, 0.3) is 0 Å². The summed E-state index contributed by atoms with van der Waals surface area (Å²) < 4.78 is 0. The third kappa shape index (κ3) is 1.57. The number of halogens is 2. The average Bonchev–Trinajstić information content (AvgIpc) is 2.47. The van der Waals surface area contributed by atoms with E-state index < -0.39 is 0 Å². The highest BCUT2D eigenvalue weighted by molar-refractivity contribution is 7.98. The van der Waals surface area contributed by atoms with Crippen molar-refractivity contribution in [1.29, 1.82) is 0 Å². The number of hydrazine groups is 1. The van der Waals surface area contributed by atoms with Crippen LogP contribution in [-0.4, -0.2) is 16.2 Å². The lowest BCUT2D eigenvalue weighted by atomic mass is 10.3. The molecule has 1 unspecified atom stereocenters. The molecule has 2 N–H and O–H groups in total. The van der Waals surface area contributed by atoms with Gasteiger partial charge in [-0.15, -0.1) is 11.8 Å². The van der Waals surface area contributed by atoms with Gasteiger partial charge >= 0.3 is 0 Å². The van der Waals surface area contributed by atoms with E-state index in [9.17, 15) is 0 Å². The highest BCUT2D eigenvalue weighted by Crippen LogP contribution is 2.37. The topological polar surface area (TPSA) is 49.8 Å². The summed E-state index contributed by atoms with van der Waals surface area (Å²) in [6, 6.07) is 0. The molecule has 4 nitrogen and oxygen atoms in total. The largest absolute Gasteiger partial charge is 0.304 e. The molecule has 0 spiro atoms. The van der Waals surface area contributed by atoms with Crippen molar-refractivity contribution in [3.05, 3.63) is 16.0 Å². The lowest BCUT2D eigenvalue weighted by molar-refractivity contribution is 0.836. The fourth-order valence-electron chi connectivity index (χ4n) is 1.13. The Hall–Kier alpha value is -0.230. The maximum Gasteiger partial charge on any atom is 0.225 e. The number of anilines is 1. The van der Waals surface area contributed by atoms with Crippen LogP contribution in [0, 0.1) is 0 Å². The van der Waals surface area contributed by atoms with Crippen LogP contribution in [0.2, 0.25) is 10.4 Å². The summed E-state index contributed by atoms with van der Waals surface area (Å²) in [7, 11) is 0. The third-order valence-corrected chi connectivity index (χ3v) is 2.97. The summed E-state index contributed by atoms with van der Waals surface area (Å²) in [5.41, 5.74) is 6.76. The Bertz CT molecular complexity index is 346. The summed E-state index contributed by atoms with van der Waals surface area (Å²) in [6.07, 6.45) is 1.97. The number of aromatic nitrogens is 2. The fourth-order valence-corrected chi connectivity index (χ4v) is 2.32. The number of nitrogens with one attached hydrogen (secondary N) is 2. The maximum absolute atomic E-state index is 5.92. The molecule has 1 aliphatic heterocycles. The number of hydrogen-bond donors (Lipinski definition) is 2. The molecule has 0 aliphatic carbocycles. The normalized spacial score (nSPS) is 19.8. The molecule has 0 fully saturated rings. The minimum Gasteiger partial charge on any atom is -0.304 e. The molecule has 0 saturated carbocycles. The second-order valence-electron chi connectivity index (χ2n) is 2.43. The van der Waals surface area contributed by atoms with E-state index in [1.165, 1.54) is 0 Å². The molecular formula is C6H6Cl2N4S. The number of hydrogen-bond acceptors (Lipinski definition) is 5. The molecule has 0 saturated heterocycles.